The molecule has 0 aliphatic carbocycles. The van der Waals surface area contributed by atoms with Gasteiger partial charge in [-0.25, -0.2) is 0 Å². The summed E-state index contributed by atoms with van der Waals surface area (Å²) in [4.78, 5) is 4.29. The Hall–Kier alpha value is -0.940. The van der Waals surface area contributed by atoms with Crippen molar-refractivity contribution in [2.24, 2.45) is 0 Å². The fraction of sp³-hybridized carbons (Fsp3) is 0.615. The van der Waals surface area contributed by atoms with Crippen molar-refractivity contribution < 1.29 is 14.1 Å². The number of aliphatic hydroxyl groups is 1. The topological polar surface area (TPSA) is 59.4 Å². The summed E-state index contributed by atoms with van der Waals surface area (Å²) in [6.45, 7) is 0. The molecule has 4 nitrogen and oxygen atoms in total. The van der Waals surface area contributed by atoms with Crippen molar-refractivity contribution >= 4 is 10.8 Å². The normalized spacial score (nSPS) is 38.7. The first-order valence-corrected chi connectivity index (χ1v) is 7.52. The van der Waals surface area contributed by atoms with Gasteiger partial charge in [0, 0.05) is 21.3 Å². The number of methoxy groups -OCH3 is 1. The van der Waals surface area contributed by atoms with Gasteiger partial charge in [0.2, 0.25) is 0 Å². The Kier molecular flexibility index (Phi) is 2.90. The monoisotopic (exact) mass is 267 g/mol. The number of hydrogen-bond donors (Lipinski definition) is 1. The van der Waals surface area contributed by atoms with E-state index in [1.54, 1.807) is 13.3 Å². The van der Waals surface area contributed by atoms with Gasteiger partial charge in [-0.2, -0.15) is 0 Å². The smallest absolute Gasteiger partial charge is 0.137 e. The van der Waals surface area contributed by atoms with Gasteiger partial charge in [-0.15, -0.1) is 0 Å². The molecule has 2 aliphatic rings. The van der Waals surface area contributed by atoms with Crippen LogP contribution in [0.4, 0.5) is 0 Å². The van der Waals surface area contributed by atoms with Crippen LogP contribution in [-0.2, 0) is 16.4 Å². The lowest BCUT2D eigenvalue weighted by atomic mass is 9.89. The van der Waals surface area contributed by atoms with Crippen molar-refractivity contribution in [2.45, 2.75) is 41.8 Å². The molecule has 0 amide bonds. The highest BCUT2D eigenvalue weighted by atomic mass is 32.2. The fourth-order valence-corrected chi connectivity index (χ4v) is 5.23. The van der Waals surface area contributed by atoms with E-state index in [-0.39, 0.29) is 10.5 Å². The molecule has 2 aliphatic heterocycles. The quantitative estimate of drug-likeness (QED) is 0.878. The summed E-state index contributed by atoms with van der Waals surface area (Å²) in [5.74, 6) is 0.685. The number of hydrogen-bond acceptors (Lipinski definition) is 4. The first kappa shape index (κ1) is 12.1. The lowest BCUT2D eigenvalue weighted by Crippen LogP contribution is -2.40. The van der Waals surface area contributed by atoms with Crippen LogP contribution in [0.3, 0.4) is 0 Å². The van der Waals surface area contributed by atoms with E-state index >= 15 is 0 Å². The second kappa shape index (κ2) is 4.31. The first-order chi connectivity index (χ1) is 8.62. The molecule has 0 aromatic carbocycles. The van der Waals surface area contributed by atoms with Crippen LogP contribution in [0.25, 0.3) is 0 Å². The molecule has 3 heterocycles. The zero-order valence-electron chi connectivity index (χ0n) is 10.3. The van der Waals surface area contributed by atoms with E-state index < -0.39 is 16.4 Å². The third kappa shape index (κ3) is 1.86. The maximum Gasteiger partial charge on any atom is 0.137 e. The van der Waals surface area contributed by atoms with E-state index in [1.165, 1.54) is 0 Å². The Morgan fingerprint density at radius 2 is 2.06 bits per heavy atom. The molecule has 1 N–H and O–H groups in total. The lowest BCUT2D eigenvalue weighted by Gasteiger charge is -2.35. The zero-order valence-corrected chi connectivity index (χ0v) is 11.2. The molecule has 1 aromatic heterocycles. The van der Waals surface area contributed by atoms with Gasteiger partial charge < -0.3 is 9.84 Å². The number of pyridine rings is 1. The van der Waals surface area contributed by atoms with Crippen LogP contribution >= 0.6 is 0 Å². The highest BCUT2D eigenvalue weighted by Crippen LogP contribution is 2.45. The molecule has 98 valence electrons. The summed E-state index contributed by atoms with van der Waals surface area (Å²) in [5.41, 5.74) is -0.233. The Bertz CT molecular complexity index is 458. The molecule has 5 heteroatoms. The number of rotatable bonds is 2. The second-order valence-corrected chi connectivity index (χ2v) is 7.16. The third-order valence-electron chi connectivity index (χ3n) is 4.05. The number of aromatic nitrogens is 1. The highest BCUT2D eigenvalue weighted by Gasteiger charge is 2.49. The van der Waals surface area contributed by atoms with E-state index in [2.05, 4.69) is 4.98 Å². The SMILES string of the molecule is COc1ccc(C2(O)CC3CCC(C2)S3=O)nc1. The van der Waals surface area contributed by atoms with Crippen LogP contribution in [0, 0.1) is 0 Å². The molecule has 2 fully saturated rings. The van der Waals surface area contributed by atoms with E-state index in [0.29, 0.717) is 24.3 Å². The number of ether oxygens (including phenoxy) is 1. The van der Waals surface area contributed by atoms with Gasteiger partial charge in [0.05, 0.1) is 19.0 Å². The standard InChI is InChI=1S/C13H17NO3S/c1-17-9-2-5-12(14-8-9)13(15)6-10-3-4-11(7-13)18(10)16/h2,5,8,10-11,15H,3-4,6-7H2,1H3. The van der Waals surface area contributed by atoms with Crippen molar-refractivity contribution in [3.8, 4) is 5.75 Å². The Morgan fingerprint density at radius 3 is 2.56 bits per heavy atom. The Labute approximate surface area is 109 Å². The summed E-state index contributed by atoms with van der Waals surface area (Å²) in [6, 6.07) is 3.63. The lowest BCUT2D eigenvalue weighted by molar-refractivity contribution is 0.0141. The van der Waals surface area contributed by atoms with E-state index in [4.69, 9.17) is 4.74 Å². The minimum Gasteiger partial charge on any atom is -0.495 e. The molecule has 2 bridgehead atoms. The minimum atomic E-state index is -0.911. The van der Waals surface area contributed by atoms with Gasteiger partial charge >= 0.3 is 0 Å². The summed E-state index contributed by atoms with van der Waals surface area (Å²) < 4.78 is 17.0. The van der Waals surface area contributed by atoms with Gasteiger partial charge in [0.25, 0.3) is 0 Å². The predicted molar refractivity (Wildman–Crippen MR) is 68.9 cm³/mol. The van der Waals surface area contributed by atoms with Crippen LogP contribution in [0.2, 0.25) is 0 Å². The van der Waals surface area contributed by atoms with Crippen LogP contribution in [0.5, 0.6) is 5.75 Å². The number of fused-ring (bicyclic) bond motifs is 2. The summed E-state index contributed by atoms with van der Waals surface area (Å²) in [7, 11) is 0.835. The second-order valence-electron chi connectivity index (χ2n) is 5.17. The van der Waals surface area contributed by atoms with Crippen molar-refractivity contribution in [1.82, 2.24) is 4.98 Å². The molecule has 2 atom stereocenters. The maximum absolute atomic E-state index is 12.0. The van der Waals surface area contributed by atoms with Crippen molar-refractivity contribution in [3.63, 3.8) is 0 Å². The third-order valence-corrected chi connectivity index (χ3v) is 6.17. The van der Waals surface area contributed by atoms with Crippen LogP contribution in [0.1, 0.15) is 31.4 Å². The molecule has 0 spiro atoms. The summed E-state index contributed by atoms with van der Waals surface area (Å²) >= 11 is 0. The summed E-state index contributed by atoms with van der Waals surface area (Å²) in [6.07, 6.45) is 4.69. The average molecular weight is 267 g/mol. The predicted octanol–water partition coefficient (Wildman–Crippen LogP) is 1.35. The van der Waals surface area contributed by atoms with Crippen molar-refractivity contribution in [2.75, 3.05) is 7.11 Å². The zero-order chi connectivity index (χ0) is 12.8. The fourth-order valence-electron chi connectivity index (χ4n) is 3.07. The molecule has 1 aromatic rings. The van der Waals surface area contributed by atoms with Crippen LogP contribution in [-0.4, -0.2) is 31.9 Å². The number of nitrogens with zero attached hydrogens (tertiary/aromatic N) is 1. The Balaban J connectivity index is 1.88. The first-order valence-electron chi connectivity index (χ1n) is 6.25. The van der Waals surface area contributed by atoms with E-state index in [0.717, 1.165) is 12.8 Å². The minimum absolute atomic E-state index is 0.137. The molecule has 3 rings (SSSR count). The van der Waals surface area contributed by atoms with Gasteiger partial charge in [0.15, 0.2) is 0 Å². The Morgan fingerprint density at radius 1 is 1.39 bits per heavy atom. The average Bonchev–Trinajstić information content (AvgIpc) is 2.63. The van der Waals surface area contributed by atoms with Gasteiger partial charge in [-0.1, -0.05) is 0 Å². The van der Waals surface area contributed by atoms with Crippen LogP contribution < -0.4 is 4.74 Å². The molecule has 2 saturated heterocycles. The van der Waals surface area contributed by atoms with E-state index in [9.17, 15) is 9.32 Å². The molecule has 18 heavy (non-hydrogen) atoms. The van der Waals surface area contributed by atoms with Crippen molar-refractivity contribution in [3.05, 3.63) is 24.0 Å². The van der Waals surface area contributed by atoms with Gasteiger partial charge in [-0.05, 0) is 37.8 Å². The summed E-state index contributed by atoms with van der Waals surface area (Å²) in [5, 5.41) is 11.0. The highest BCUT2D eigenvalue weighted by molar-refractivity contribution is 7.86. The molecule has 0 saturated carbocycles. The molecule has 0 radical (unpaired) electrons. The van der Waals surface area contributed by atoms with E-state index in [1.807, 2.05) is 12.1 Å². The maximum atomic E-state index is 12.0. The van der Waals surface area contributed by atoms with Gasteiger partial charge in [0.1, 0.15) is 11.4 Å². The van der Waals surface area contributed by atoms with Gasteiger partial charge in [-0.3, -0.25) is 9.19 Å². The van der Waals surface area contributed by atoms with Crippen molar-refractivity contribution in [1.29, 1.82) is 0 Å². The molecular formula is C13H17NO3S. The largest absolute Gasteiger partial charge is 0.495 e. The molecular weight excluding hydrogens is 250 g/mol. The molecule has 2 unspecified atom stereocenters. The van der Waals surface area contributed by atoms with Crippen LogP contribution in [0.15, 0.2) is 18.3 Å².